The average molecular weight is 325 g/mol. The molecule has 1 heterocycles. The first-order chi connectivity index (χ1) is 11.0. The van der Waals surface area contributed by atoms with Crippen LogP contribution in [0.1, 0.15) is 20.0 Å². The SMILES string of the molecule is O=C(Nc1ccc2sc(C(=O)O)cc2c1)C(=O)c1ccccc1. The van der Waals surface area contributed by atoms with Crippen LogP contribution in [0, 0.1) is 0 Å². The molecule has 114 valence electrons. The first kappa shape index (κ1) is 14.9. The van der Waals surface area contributed by atoms with Gasteiger partial charge in [-0.2, -0.15) is 0 Å². The maximum atomic E-state index is 12.0. The van der Waals surface area contributed by atoms with E-state index in [1.807, 2.05) is 0 Å². The minimum absolute atomic E-state index is 0.226. The maximum absolute atomic E-state index is 12.0. The molecule has 0 bridgehead atoms. The summed E-state index contributed by atoms with van der Waals surface area (Å²) >= 11 is 1.16. The second-order valence-electron chi connectivity index (χ2n) is 4.82. The van der Waals surface area contributed by atoms with Crippen molar-refractivity contribution in [2.45, 2.75) is 0 Å². The third-order valence-corrected chi connectivity index (χ3v) is 4.33. The number of carboxylic acid groups (broad SMARTS) is 1. The Kier molecular flexibility index (Phi) is 3.91. The van der Waals surface area contributed by atoms with E-state index in [9.17, 15) is 14.4 Å². The van der Waals surface area contributed by atoms with Crippen molar-refractivity contribution in [1.82, 2.24) is 0 Å². The van der Waals surface area contributed by atoms with Crippen LogP contribution in [0.4, 0.5) is 5.69 Å². The van der Waals surface area contributed by atoms with E-state index in [1.54, 1.807) is 48.5 Å². The summed E-state index contributed by atoms with van der Waals surface area (Å²) < 4.78 is 0.801. The van der Waals surface area contributed by atoms with E-state index in [0.29, 0.717) is 16.6 Å². The number of nitrogens with one attached hydrogen (secondary N) is 1. The zero-order valence-corrected chi connectivity index (χ0v) is 12.6. The lowest BCUT2D eigenvalue weighted by atomic mass is 10.1. The maximum Gasteiger partial charge on any atom is 0.345 e. The number of hydrogen-bond acceptors (Lipinski definition) is 4. The number of amides is 1. The number of hydrogen-bond donors (Lipinski definition) is 2. The predicted molar refractivity (Wildman–Crippen MR) is 88.2 cm³/mol. The third-order valence-electron chi connectivity index (χ3n) is 3.23. The zero-order chi connectivity index (χ0) is 16.4. The highest BCUT2D eigenvalue weighted by atomic mass is 32.1. The van der Waals surface area contributed by atoms with Crippen LogP contribution in [0.2, 0.25) is 0 Å². The summed E-state index contributed by atoms with van der Waals surface area (Å²) in [6, 6.07) is 14.8. The van der Waals surface area contributed by atoms with Crippen molar-refractivity contribution in [3.8, 4) is 0 Å². The molecule has 0 spiro atoms. The molecule has 0 saturated heterocycles. The topological polar surface area (TPSA) is 83.5 Å². The van der Waals surface area contributed by atoms with Gasteiger partial charge in [-0.15, -0.1) is 11.3 Å². The van der Waals surface area contributed by atoms with Gasteiger partial charge in [-0.3, -0.25) is 9.59 Å². The monoisotopic (exact) mass is 325 g/mol. The minimum Gasteiger partial charge on any atom is -0.477 e. The van der Waals surface area contributed by atoms with E-state index in [4.69, 9.17) is 5.11 Å². The molecule has 1 aromatic heterocycles. The lowest BCUT2D eigenvalue weighted by Gasteiger charge is -2.04. The molecule has 0 unspecified atom stereocenters. The molecule has 2 aromatic carbocycles. The van der Waals surface area contributed by atoms with Crippen LogP contribution in [0.5, 0.6) is 0 Å². The van der Waals surface area contributed by atoms with Crippen molar-refractivity contribution in [2.75, 3.05) is 5.32 Å². The summed E-state index contributed by atoms with van der Waals surface area (Å²) in [6.07, 6.45) is 0. The lowest BCUT2D eigenvalue weighted by molar-refractivity contribution is -0.112. The highest BCUT2D eigenvalue weighted by Crippen LogP contribution is 2.28. The first-order valence-corrected chi connectivity index (χ1v) is 7.54. The Labute approximate surface area is 135 Å². The number of thiophene rings is 1. The molecular weight excluding hydrogens is 314 g/mol. The molecule has 0 radical (unpaired) electrons. The van der Waals surface area contributed by atoms with Gasteiger partial charge in [-0.25, -0.2) is 4.79 Å². The van der Waals surface area contributed by atoms with Crippen LogP contribution in [-0.2, 0) is 4.79 Å². The lowest BCUT2D eigenvalue weighted by Crippen LogP contribution is -2.22. The summed E-state index contributed by atoms with van der Waals surface area (Å²) in [5.74, 6) is -2.34. The predicted octanol–water partition coefficient (Wildman–Crippen LogP) is 3.42. The van der Waals surface area contributed by atoms with Gasteiger partial charge in [-0.05, 0) is 29.7 Å². The molecule has 3 aromatic rings. The van der Waals surface area contributed by atoms with Gasteiger partial charge < -0.3 is 10.4 Å². The quantitative estimate of drug-likeness (QED) is 0.569. The van der Waals surface area contributed by atoms with Crippen LogP contribution < -0.4 is 5.32 Å². The third kappa shape index (κ3) is 3.12. The van der Waals surface area contributed by atoms with Gasteiger partial charge in [0.15, 0.2) is 0 Å². The smallest absolute Gasteiger partial charge is 0.345 e. The van der Waals surface area contributed by atoms with E-state index in [1.165, 1.54) is 6.07 Å². The largest absolute Gasteiger partial charge is 0.477 e. The van der Waals surface area contributed by atoms with Crippen LogP contribution in [0.15, 0.2) is 54.6 Å². The molecule has 5 nitrogen and oxygen atoms in total. The van der Waals surface area contributed by atoms with Gasteiger partial charge in [-0.1, -0.05) is 30.3 Å². The van der Waals surface area contributed by atoms with Crippen molar-refractivity contribution in [1.29, 1.82) is 0 Å². The van der Waals surface area contributed by atoms with Crippen molar-refractivity contribution in [2.24, 2.45) is 0 Å². The van der Waals surface area contributed by atoms with Gasteiger partial charge in [0.25, 0.3) is 11.7 Å². The van der Waals surface area contributed by atoms with Crippen molar-refractivity contribution >= 4 is 44.8 Å². The Morgan fingerprint density at radius 2 is 1.70 bits per heavy atom. The number of rotatable bonds is 4. The van der Waals surface area contributed by atoms with Crippen LogP contribution in [-0.4, -0.2) is 22.8 Å². The van der Waals surface area contributed by atoms with E-state index < -0.39 is 17.7 Å². The second-order valence-corrected chi connectivity index (χ2v) is 5.90. The number of ketones is 1. The summed E-state index contributed by atoms with van der Waals surface area (Å²) in [6.45, 7) is 0. The number of carbonyl (C=O) groups is 3. The number of carboxylic acids is 1. The summed E-state index contributed by atoms with van der Waals surface area (Å²) in [4.78, 5) is 35.2. The van der Waals surface area contributed by atoms with Gasteiger partial charge in [0.05, 0.1) is 0 Å². The summed E-state index contributed by atoms with van der Waals surface area (Å²) in [7, 11) is 0. The number of anilines is 1. The van der Waals surface area contributed by atoms with Crippen molar-refractivity contribution in [3.05, 3.63) is 65.0 Å². The number of Topliss-reactive ketones (excluding diaryl/α,β-unsaturated/α-hetero) is 1. The van der Waals surface area contributed by atoms with E-state index in [-0.39, 0.29) is 4.88 Å². The van der Waals surface area contributed by atoms with E-state index in [2.05, 4.69) is 5.32 Å². The summed E-state index contributed by atoms with van der Waals surface area (Å²) in [5, 5.41) is 12.2. The molecule has 0 aliphatic heterocycles. The molecule has 3 rings (SSSR count). The Balaban J connectivity index is 1.82. The molecule has 23 heavy (non-hydrogen) atoms. The molecule has 0 saturated carbocycles. The molecule has 2 N–H and O–H groups in total. The molecule has 0 aliphatic rings. The van der Waals surface area contributed by atoms with E-state index in [0.717, 1.165) is 16.0 Å². The Morgan fingerprint density at radius 3 is 2.39 bits per heavy atom. The molecule has 0 atom stereocenters. The van der Waals surface area contributed by atoms with Crippen molar-refractivity contribution < 1.29 is 19.5 Å². The number of aromatic carboxylic acids is 1. The Bertz CT molecular complexity index is 915. The van der Waals surface area contributed by atoms with Gasteiger partial charge >= 0.3 is 5.97 Å². The minimum atomic E-state index is -0.990. The van der Waals surface area contributed by atoms with Crippen molar-refractivity contribution in [3.63, 3.8) is 0 Å². The van der Waals surface area contributed by atoms with Gasteiger partial charge in [0, 0.05) is 16.0 Å². The second kappa shape index (κ2) is 6.02. The van der Waals surface area contributed by atoms with Crippen LogP contribution in [0.25, 0.3) is 10.1 Å². The highest BCUT2D eigenvalue weighted by molar-refractivity contribution is 7.20. The fraction of sp³-hybridized carbons (Fsp3) is 0. The fourth-order valence-electron chi connectivity index (χ4n) is 2.13. The Hall–Kier alpha value is -2.99. The Morgan fingerprint density at radius 1 is 0.957 bits per heavy atom. The number of carbonyl (C=O) groups excluding carboxylic acids is 2. The van der Waals surface area contributed by atoms with Gasteiger partial charge in [0.2, 0.25) is 0 Å². The molecule has 0 fully saturated rings. The molecule has 6 heteroatoms. The standard InChI is InChI=1S/C17H11NO4S/c19-15(10-4-2-1-3-5-10)16(20)18-12-6-7-13-11(8-12)9-14(23-13)17(21)22/h1-9H,(H,18,20)(H,21,22). The normalized spacial score (nSPS) is 10.4. The average Bonchev–Trinajstić information content (AvgIpc) is 2.98. The highest BCUT2D eigenvalue weighted by Gasteiger charge is 2.16. The fourth-order valence-corrected chi connectivity index (χ4v) is 3.02. The zero-order valence-electron chi connectivity index (χ0n) is 11.8. The number of fused-ring (bicyclic) bond motifs is 1. The molecule has 1 amide bonds. The van der Waals surface area contributed by atoms with E-state index >= 15 is 0 Å². The number of benzene rings is 2. The molecular formula is C17H11NO4S. The van der Waals surface area contributed by atoms with Crippen LogP contribution >= 0.6 is 11.3 Å². The summed E-state index contributed by atoms with van der Waals surface area (Å²) in [5.41, 5.74) is 0.760. The molecule has 0 aliphatic carbocycles. The first-order valence-electron chi connectivity index (χ1n) is 6.72. The van der Waals surface area contributed by atoms with Crippen LogP contribution in [0.3, 0.4) is 0 Å². The van der Waals surface area contributed by atoms with Gasteiger partial charge in [0.1, 0.15) is 4.88 Å².